The van der Waals surface area contributed by atoms with Crippen LogP contribution in [-0.4, -0.2) is 31.1 Å². The molecule has 0 aromatic heterocycles. The fourth-order valence-electron chi connectivity index (χ4n) is 2.28. The standard InChI is InChI=1S/C15H21BrN2O2/c1-10(2)20-14-8-11(16)5-6-13(14)15(19)18-9-12-4-3-7-17-12/h5-6,8,10,12,17H,3-4,7,9H2,1-2H3,(H,18,19). The van der Waals surface area contributed by atoms with E-state index in [-0.39, 0.29) is 12.0 Å². The maximum Gasteiger partial charge on any atom is 0.255 e. The molecule has 0 radical (unpaired) electrons. The molecule has 2 N–H and O–H groups in total. The van der Waals surface area contributed by atoms with Crippen molar-refractivity contribution in [3.05, 3.63) is 28.2 Å². The summed E-state index contributed by atoms with van der Waals surface area (Å²) in [5.74, 6) is 0.535. The molecule has 20 heavy (non-hydrogen) atoms. The third-order valence-corrected chi connectivity index (χ3v) is 3.72. The Labute approximate surface area is 128 Å². The summed E-state index contributed by atoms with van der Waals surface area (Å²) in [7, 11) is 0. The lowest BCUT2D eigenvalue weighted by Crippen LogP contribution is -2.37. The fraction of sp³-hybridized carbons (Fsp3) is 0.533. The molecule has 2 rings (SSSR count). The molecule has 0 aliphatic carbocycles. The zero-order valence-electron chi connectivity index (χ0n) is 11.9. The number of carbonyl (C=O) groups is 1. The van der Waals surface area contributed by atoms with Crippen molar-refractivity contribution in [1.29, 1.82) is 0 Å². The third kappa shape index (κ3) is 4.21. The number of hydrogen-bond acceptors (Lipinski definition) is 3. The van der Waals surface area contributed by atoms with Gasteiger partial charge in [0.2, 0.25) is 0 Å². The first-order valence-corrected chi connectivity index (χ1v) is 7.83. The van der Waals surface area contributed by atoms with Crippen molar-refractivity contribution >= 4 is 21.8 Å². The Morgan fingerprint density at radius 1 is 1.55 bits per heavy atom. The van der Waals surface area contributed by atoms with Crippen LogP contribution in [0.4, 0.5) is 0 Å². The molecular weight excluding hydrogens is 320 g/mol. The molecule has 1 unspecified atom stereocenters. The van der Waals surface area contributed by atoms with E-state index in [0.29, 0.717) is 23.9 Å². The van der Waals surface area contributed by atoms with Crippen LogP contribution < -0.4 is 15.4 Å². The van der Waals surface area contributed by atoms with Crippen molar-refractivity contribution in [2.24, 2.45) is 0 Å². The first kappa shape index (κ1) is 15.3. The minimum atomic E-state index is -0.0816. The van der Waals surface area contributed by atoms with E-state index in [1.54, 1.807) is 6.07 Å². The lowest BCUT2D eigenvalue weighted by Gasteiger charge is -2.16. The summed E-state index contributed by atoms with van der Waals surface area (Å²) in [6, 6.07) is 5.88. The van der Waals surface area contributed by atoms with Gasteiger partial charge in [0, 0.05) is 17.1 Å². The molecule has 110 valence electrons. The van der Waals surface area contributed by atoms with E-state index in [1.165, 1.54) is 6.42 Å². The quantitative estimate of drug-likeness (QED) is 0.866. The Hall–Kier alpha value is -1.07. The van der Waals surface area contributed by atoms with Crippen molar-refractivity contribution in [2.45, 2.75) is 38.8 Å². The Morgan fingerprint density at radius 3 is 3.00 bits per heavy atom. The van der Waals surface area contributed by atoms with Gasteiger partial charge in [-0.15, -0.1) is 0 Å². The van der Waals surface area contributed by atoms with Gasteiger partial charge in [-0.1, -0.05) is 15.9 Å². The Kier molecular flexibility index (Phi) is 5.43. The van der Waals surface area contributed by atoms with Gasteiger partial charge in [0.1, 0.15) is 5.75 Å². The van der Waals surface area contributed by atoms with Crippen LogP contribution in [0.2, 0.25) is 0 Å². The number of hydrogen-bond donors (Lipinski definition) is 2. The third-order valence-electron chi connectivity index (χ3n) is 3.22. The summed E-state index contributed by atoms with van der Waals surface area (Å²) in [6.07, 6.45) is 2.34. The smallest absolute Gasteiger partial charge is 0.255 e. The van der Waals surface area contributed by atoms with Crippen LogP contribution in [0.25, 0.3) is 0 Å². The summed E-state index contributed by atoms with van der Waals surface area (Å²) in [4.78, 5) is 12.3. The molecule has 4 nitrogen and oxygen atoms in total. The number of nitrogens with one attached hydrogen (secondary N) is 2. The minimum Gasteiger partial charge on any atom is -0.490 e. The van der Waals surface area contributed by atoms with Crippen molar-refractivity contribution in [3.63, 3.8) is 0 Å². The Morgan fingerprint density at radius 2 is 2.35 bits per heavy atom. The monoisotopic (exact) mass is 340 g/mol. The molecule has 1 saturated heterocycles. The van der Waals surface area contributed by atoms with Crippen LogP contribution in [-0.2, 0) is 0 Å². The van der Waals surface area contributed by atoms with E-state index in [9.17, 15) is 4.79 Å². The molecule has 5 heteroatoms. The molecule has 0 saturated carbocycles. The molecule has 0 spiro atoms. The van der Waals surface area contributed by atoms with Crippen LogP contribution >= 0.6 is 15.9 Å². The van der Waals surface area contributed by atoms with Crippen molar-refractivity contribution < 1.29 is 9.53 Å². The zero-order chi connectivity index (χ0) is 14.5. The highest BCUT2D eigenvalue weighted by molar-refractivity contribution is 9.10. The van der Waals surface area contributed by atoms with Gasteiger partial charge >= 0.3 is 0 Å². The molecule has 1 heterocycles. The van der Waals surface area contributed by atoms with Crippen LogP contribution in [0.1, 0.15) is 37.0 Å². The molecule has 1 aromatic carbocycles. The molecule has 1 aromatic rings. The minimum absolute atomic E-state index is 0.0346. The average molecular weight is 341 g/mol. The van der Waals surface area contributed by atoms with Crippen LogP contribution in [0.5, 0.6) is 5.75 Å². The van der Waals surface area contributed by atoms with Gasteiger partial charge < -0.3 is 15.4 Å². The predicted octanol–water partition coefficient (Wildman–Crippen LogP) is 2.72. The molecule has 1 amide bonds. The highest BCUT2D eigenvalue weighted by atomic mass is 79.9. The van der Waals surface area contributed by atoms with E-state index >= 15 is 0 Å². The first-order valence-electron chi connectivity index (χ1n) is 7.04. The maximum atomic E-state index is 12.3. The van der Waals surface area contributed by atoms with Crippen LogP contribution in [0, 0.1) is 0 Å². The van der Waals surface area contributed by atoms with Crippen LogP contribution in [0.3, 0.4) is 0 Å². The number of ether oxygens (including phenoxy) is 1. The highest BCUT2D eigenvalue weighted by Crippen LogP contribution is 2.24. The number of carbonyl (C=O) groups excluding carboxylic acids is 1. The van der Waals surface area contributed by atoms with E-state index in [2.05, 4.69) is 26.6 Å². The second-order valence-corrected chi connectivity index (χ2v) is 6.23. The van der Waals surface area contributed by atoms with E-state index in [0.717, 1.165) is 17.4 Å². The van der Waals surface area contributed by atoms with E-state index in [4.69, 9.17) is 4.74 Å². The summed E-state index contributed by atoms with van der Waals surface area (Å²) < 4.78 is 6.62. The number of amides is 1. The molecule has 0 bridgehead atoms. The predicted molar refractivity (Wildman–Crippen MR) is 83.3 cm³/mol. The summed E-state index contributed by atoms with van der Waals surface area (Å²) in [5, 5.41) is 6.34. The molecule has 1 aliphatic rings. The lowest BCUT2D eigenvalue weighted by molar-refractivity contribution is 0.0944. The van der Waals surface area contributed by atoms with Crippen molar-refractivity contribution in [2.75, 3.05) is 13.1 Å². The van der Waals surface area contributed by atoms with Crippen molar-refractivity contribution in [1.82, 2.24) is 10.6 Å². The summed E-state index contributed by atoms with van der Waals surface area (Å²) in [5.41, 5.74) is 0.583. The number of rotatable bonds is 5. The zero-order valence-corrected chi connectivity index (χ0v) is 13.5. The SMILES string of the molecule is CC(C)Oc1cc(Br)ccc1C(=O)NCC1CCCN1. The van der Waals surface area contributed by atoms with E-state index in [1.807, 2.05) is 26.0 Å². The van der Waals surface area contributed by atoms with Crippen LogP contribution in [0.15, 0.2) is 22.7 Å². The average Bonchev–Trinajstić information content (AvgIpc) is 2.88. The molecule has 1 aliphatic heterocycles. The van der Waals surface area contributed by atoms with Gasteiger partial charge in [0.15, 0.2) is 0 Å². The molecule has 1 atom stereocenters. The second kappa shape index (κ2) is 7.09. The molecule has 1 fully saturated rings. The largest absolute Gasteiger partial charge is 0.490 e. The number of halogens is 1. The topological polar surface area (TPSA) is 50.4 Å². The van der Waals surface area contributed by atoms with Gasteiger partial charge in [-0.25, -0.2) is 0 Å². The van der Waals surface area contributed by atoms with Gasteiger partial charge in [-0.2, -0.15) is 0 Å². The lowest BCUT2D eigenvalue weighted by atomic mass is 10.1. The van der Waals surface area contributed by atoms with Gasteiger partial charge in [0.25, 0.3) is 5.91 Å². The number of benzene rings is 1. The Bertz CT molecular complexity index is 471. The first-order chi connectivity index (χ1) is 9.56. The second-order valence-electron chi connectivity index (χ2n) is 5.31. The molecular formula is C15H21BrN2O2. The normalized spacial score (nSPS) is 18.3. The summed E-state index contributed by atoms with van der Waals surface area (Å²) in [6.45, 7) is 5.60. The van der Waals surface area contributed by atoms with Crippen molar-refractivity contribution in [3.8, 4) is 5.75 Å². The van der Waals surface area contributed by atoms with Gasteiger partial charge in [0.05, 0.1) is 11.7 Å². The Balaban J connectivity index is 2.03. The maximum absolute atomic E-state index is 12.3. The van der Waals surface area contributed by atoms with Gasteiger partial charge in [-0.3, -0.25) is 4.79 Å². The van der Waals surface area contributed by atoms with E-state index < -0.39 is 0 Å². The fourth-order valence-corrected chi connectivity index (χ4v) is 2.62. The highest BCUT2D eigenvalue weighted by Gasteiger charge is 2.18. The summed E-state index contributed by atoms with van der Waals surface area (Å²) >= 11 is 3.41. The van der Waals surface area contributed by atoms with Gasteiger partial charge in [-0.05, 0) is 51.4 Å².